The molecule has 1 aromatic heterocycles. The summed E-state index contributed by atoms with van der Waals surface area (Å²) in [4.78, 5) is 23.1. The fraction of sp³-hybridized carbons (Fsp3) is 0.421. The van der Waals surface area contributed by atoms with E-state index in [4.69, 9.17) is 4.74 Å². The molecule has 0 atom stereocenters. The van der Waals surface area contributed by atoms with Crippen molar-refractivity contribution < 1.29 is 9.53 Å². The van der Waals surface area contributed by atoms with Crippen LogP contribution in [-0.4, -0.2) is 29.8 Å². The van der Waals surface area contributed by atoms with Gasteiger partial charge in [-0.25, -0.2) is 5.10 Å². The van der Waals surface area contributed by atoms with E-state index in [1.165, 1.54) is 12.1 Å². The van der Waals surface area contributed by atoms with E-state index in [1.54, 1.807) is 7.11 Å². The molecule has 0 saturated heterocycles. The molecule has 0 radical (unpaired) electrons. The van der Waals surface area contributed by atoms with Gasteiger partial charge in [-0.3, -0.25) is 9.59 Å². The van der Waals surface area contributed by atoms with Crippen molar-refractivity contribution in [1.29, 1.82) is 0 Å². The fourth-order valence-corrected chi connectivity index (χ4v) is 2.70. The average Bonchev–Trinajstić information content (AvgIpc) is 2.54. The third kappa shape index (κ3) is 4.68. The van der Waals surface area contributed by atoms with Crippen molar-refractivity contribution in [3.8, 4) is 5.75 Å². The third-order valence-electron chi connectivity index (χ3n) is 3.91. The highest BCUT2D eigenvalue weighted by molar-refractivity contribution is 5.91. The second kappa shape index (κ2) is 7.51. The summed E-state index contributed by atoms with van der Waals surface area (Å²) in [5.74, 6) is 0.549. The van der Waals surface area contributed by atoms with Crippen LogP contribution in [0.25, 0.3) is 0 Å². The molecule has 0 unspecified atom stereocenters. The molecule has 134 valence electrons. The van der Waals surface area contributed by atoms with Crippen LogP contribution in [0.1, 0.15) is 48.0 Å². The van der Waals surface area contributed by atoms with Crippen molar-refractivity contribution in [2.24, 2.45) is 0 Å². The number of carbonyl (C=O) groups excluding carboxylic acids is 1. The van der Waals surface area contributed by atoms with E-state index in [2.05, 4.69) is 55.3 Å². The summed E-state index contributed by atoms with van der Waals surface area (Å²) in [6.07, 6.45) is 0.642. The fourth-order valence-electron chi connectivity index (χ4n) is 2.70. The van der Waals surface area contributed by atoms with E-state index in [9.17, 15) is 9.59 Å². The Bertz CT molecular complexity index is 799. The van der Waals surface area contributed by atoms with Crippen LogP contribution in [0.3, 0.4) is 0 Å². The molecule has 0 aliphatic heterocycles. The molecule has 2 aromatic rings. The first-order chi connectivity index (χ1) is 11.7. The highest BCUT2D eigenvalue weighted by Crippen LogP contribution is 2.35. The van der Waals surface area contributed by atoms with Crippen molar-refractivity contribution in [2.45, 2.75) is 39.5 Å². The zero-order chi connectivity index (χ0) is 18.6. The first-order valence-corrected chi connectivity index (χ1v) is 8.24. The van der Waals surface area contributed by atoms with Gasteiger partial charge in [-0.15, -0.1) is 0 Å². The SMILES string of the molecule is COc1c(CCNC(=O)c2ccc(=O)[nH]n2)cc(C)cc1C(C)(C)C. The van der Waals surface area contributed by atoms with Gasteiger partial charge < -0.3 is 10.1 Å². The van der Waals surface area contributed by atoms with Crippen LogP contribution >= 0.6 is 0 Å². The monoisotopic (exact) mass is 343 g/mol. The molecule has 2 N–H and O–H groups in total. The number of aromatic amines is 1. The molecule has 0 aliphatic rings. The number of aromatic nitrogens is 2. The zero-order valence-corrected chi connectivity index (χ0v) is 15.4. The Morgan fingerprint density at radius 1 is 1.28 bits per heavy atom. The molecule has 0 saturated carbocycles. The number of amides is 1. The van der Waals surface area contributed by atoms with Crippen molar-refractivity contribution in [2.75, 3.05) is 13.7 Å². The van der Waals surface area contributed by atoms with E-state index < -0.39 is 0 Å². The number of methoxy groups -OCH3 is 1. The maximum atomic E-state index is 12.1. The van der Waals surface area contributed by atoms with Crippen LogP contribution in [-0.2, 0) is 11.8 Å². The van der Waals surface area contributed by atoms with E-state index in [-0.39, 0.29) is 22.6 Å². The standard InChI is InChI=1S/C19H25N3O3/c1-12-10-13(17(25-5)14(11-12)19(2,3)4)8-9-20-18(24)15-6-7-16(23)22-21-15/h6-7,10-11H,8-9H2,1-5H3,(H,20,24)(H,22,23). The Kier molecular flexibility index (Phi) is 5.62. The molecule has 0 bridgehead atoms. The smallest absolute Gasteiger partial charge is 0.271 e. The summed E-state index contributed by atoms with van der Waals surface area (Å²) in [6.45, 7) is 8.96. The van der Waals surface area contributed by atoms with E-state index in [0.29, 0.717) is 13.0 Å². The number of rotatable bonds is 5. The first kappa shape index (κ1) is 18.7. The lowest BCUT2D eigenvalue weighted by molar-refractivity contribution is 0.0948. The Balaban J connectivity index is 2.12. The second-order valence-corrected chi connectivity index (χ2v) is 7.07. The van der Waals surface area contributed by atoms with E-state index >= 15 is 0 Å². The summed E-state index contributed by atoms with van der Waals surface area (Å²) in [5, 5.41) is 8.79. The number of nitrogens with one attached hydrogen (secondary N) is 2. The van der Waals surface area contributed by atoms with Crippen LogP contribution in [0.5, 0.6) is 5.75 Å². The Morgan fingerprint density at radius 3 is 2.56 bits per heavy atom. The number of hydrogen-bond acceptors (Lipinski definition) is 4. The van der Waals surface area contributed by atoms with Crippen LogP contribution < -0.4 is 15.6 Å². The number of benzene rings is 1. The van der Waals surface area contributed by atoms with Gasteiger partial charge in [-0.2, -0.15) is 5.10 Å². The number of H-pyrrole nitrogens is 1. The minimum Gasteiger partial charge on any atom is -0.496 e. The molecule has 0 spiro atoms. The molecule has 1 aromatic carbocycles. The second-order valence-electron chi connectivity index (χ2n) is 7.07. The van der Waals surface area contributed by atoms with Gasteiger partial charge in [0.25, 0.3) is 11.5 Å². The molecule has 0 fully saturated rings. The Labute approximate surface area is 147 Å². The Morgan fingerprint density at radius 2 is 2.00 bits per heavy atom. The minimum atomic E-state index is -0.337. The predicted molar refractivity (Wildman–Crippen MR) is 97.3 cm³/mol. The molecule has 6 heteroatoms. The van der Waals surface area contributed by atoms with E-state index in [1.807, 2.05) is 0 Å². The normalized spacial score (nSPS) is 11.2. The van der Waals surface area contributed by atoms with Gasteiger partial charge in [0, 0.05) is 18.2 Å². The van der Waals surface area contributed by atoms with Crippen molar-refractivity contribution >= 4 is 5.91 Å². The quantitative estimate of drug-likeness (QED) is 0.873. The molecule has 0 aliphatic carbocycles. The summed E-state index contributed by atoms with van der Waals surface area (Å²) >= 11 is 0. The van der Waals surface area contributed by atoms with Gasteiger partial charge in [0.2, 0.25) is 0 Å². The third-order valence-corrected chi connectivity index (χ3v) is 3.91. The van der Waals surface area contributed by atoms with Gasteiger partial charge in [-0.1, -0.05) is 38.5 Å². The maximum absolute atomic E-state index is 12.1. The summed E-state index contributed by atoms with van der Waals surface area (Å²) in [6, 6.07) is 6.91. The van der Waals surface area contributed by atoms with Gasteiger partial charge in [0.05, 0.1) is 7.11 Å². The van der Waals surface area contributed by atoms with Crippen molar-refractivity contribution in [3.63, 3.8) is 0 Å². The lowest BCUT2D eigenvalue weighted by atomic mass is 9.83. The van der Waals surface area contributed by atoms with Crippen LogP contribution in [0.4, 0.5) is 0 Å². The van der Waals surface area contributed by atoms with Crippen molar-refractivity contribution in [1.82, 2.24) is 15.5 Å². The number of ether oxygens (including phenoxy) is 1. The molecule has 1 amide bonds. The molecule has 1 heterocycles. The highest BCUT2D eigenvalue weighted by atomic mass is 16.5. The number of aryl methyl sites for hydroxylation is 1. The molecule has 2 rings (SSSR count). The van der Waals surface area contributed by atoms with Crippen LogP contribution in [0.15, 0.2) is 29.1 Å². The van der Waals surface area contributed by atoms with Crippen LogP contribution in [0, 0.1) is 6.92 Å². The molecule has 25 heavy (non-hydrogen) atoms. The van der Waals surface area contributed by atoms with Crippen LogP contribution in [0.2, 0.25) is 0 Å². The first-order valence-electron chi connectivity index (χ1n) is 8.24. The lowest BCUT2D eigenvalue weighted by Gasteiger charge is -2.25. The van der Waals surface area contributed by atoms with Gasteiger partial charge in [0.1, 0.15) is 11.4 Å². The summed E-state index contributed by atoms with van der Waals surface area (Å²) in [5.41, 5.74) is 3.19. The summed E-state index contributed by atoms with van der Waals surface area (Å²) < 4.78 is 5.65. The number of hydrogen-bond donors (Lipinski definition) is 2. The maximum Gasteiger partial charge on any atom is 0.271 e. The lowest BCUT2D eigenvalue weighted by Crippen LogP contribution is -2.28. The predicted octanol–water partition coefficient (Wildman–Crippen LogP) is 2.36. The highest BCUT2D eigenvalue weighted by Gasteiger charge is 2.21. The summed E-state index contributed by atoms with van der Waals surface area (Å²) in [7, 11) is 1.67. The average molecular weight is 343 g/mol. The molecule has 6 nitrogen and oxygen atoms in total. The minimum absolute atomic E-state index is 0.0325. The number of nitrogens with zero attached hydrogens (tertiary/aromatic N) is 1. The molecular weight excluding hydrogens is 318 g/mol. The van der Waals surface area contributed by atoms with Gasteiger partial charge >= 0.3 is 0 Å². The van der Waals surface area contributed by atoms with Gasteiger partial charge in [-0.05, 0) is 30.4 Å². The Hall–Kier alpha value is -2.63. The molecular formula is C19H25N3O3. The number of carbonyl (C=O) groups is 1. The topological polar surface area (TPSA) is 84.1 Å². The van der Waals surface area contributed by atoms with Gasteiger partial charge in [0.15, 0.2) is 0 Å². The van der Waals surface area contributed by atoms with Crippen molar-refractivity contribution in [3.05, 3.63) is 57.0 Å². The zero-order valence-electron chi connectivity index (χ0n) is 15.4. The largest absolute Gasteiger partial charge is 0.496 e. The van der Waals surface area contributed by atoms with E-state index in [0.717, 1.165) is 22.4 Å².